The van der Waals surface area contributed by atoms with Crippen LogP contribution in [0.15, 0.2) is 85.2 Å². The van der Waals surface area contributed by atoms with Crippen molar-refractivity contribution in [1.82, 2.24) is 14.9 Å². The third kappa shape index (κ3) is 4.90. The molecule has 0 unspecified atom stereocenters. The fourth-order valence-electron chi connectivity index (χ4n) is 4.60. The Bertz CT molecular complexity index is 1440. The van der Waals surface area contributed by atoms with Gasteiger partial charge in [0.05, 0.1) is 24.5 Å². The van der Waals surface area contributed by atoms with E-state index in [9.17, 15) is 4.79 Å². The number of rotatable bonds is 7. The number of methoxy groups -OCH3 is 1. The number of ether oxygens (including phenoxy) is 1. The molecule has 2 atom stereocenters. The number of hydrogen-bond donors (Lipinski definition) is 2. The number of carbonyl (C=O) groups excluding carboxylic acids is 1. The van der Waals surface area contributed by atoms with E-state index < -0.39 is 0 Å². The number of thiocarbonyl (C=S) groups is 1. The summed E-state index contributed by atoms with van der Waals surface area (Å²) in [6.07, 6.45) is 4.17. The number of pyridine rings is 1. The molecule has 0 bridgehead atoms. The van der Waals surface area contributed by atoms with E-state index in [4.69, 9.17) is 28.6 Å². The first-order valence-corrected chi connectivity index (χ1v) is 12.7. The smallest absolute Gasteiger partial charge is 0.224 e. The van der Waals surface area contributed by atoms with Crippen molar-refractivity contribution >= 4 is 46.2 Å². The Kier molecular flexibility index (Phi) is 7.12. The highest BCUT2D eigenvalue weighted by atomic mass is 35.5. The molecule has 188 valence electrons. The maximum absolute atomic E-state index is 12.0. The van der Waals surface area contributed by atoms with Crippen LogP contribution in [0.4, 0.5) is 11.4 Å². The summed E-state index contributed by atoms with van der Waals surface area (Å²) in [7, 11) is 1.58. The summed E-state index contributed by atoms with van der Waals surface area (Å²) in [4.78, 5) is 18.7. The van der Waals surface area contributed by atoms with Crippen molar-refractivity contribution in [2.45, 2.75) is 25.4 Å². The maximum Gasteiger partial charge on any atom is 0.224 e. The van der Waals surface area contributed by atoms with Crippen molar-refractivity contribution in [1.29, 1.82) is 0 Å². The lowest BCUT2D eigenvalue weighted by Gasteiger charge is -2.29. The van der Waals surface area contributed by atoms with E-state index >= 15 is 0 Å². The summed E-state index contributed by atoms with van der Waals surface area (Å²) in [6.45, 7) is 1.81. The summed E-state index contributed by atoms with van der Waals surface area (Å²) in [6, 6.07) is 22.9. The molecule has 2 aromatic heterocycles. The van der Waals surface area contributed by atoms with Gasteiger partial charge in [0, 0.05) is 47.0 Å². The van der Waals surface area contributed by atoms with Gasteiger partial charge in [0.2, 0.25) is 5.91 Å². The molecule has 37 heavy (non-hydrogen) atoms. The Hall–Kier alpha value is -3.88. The number of hydrogen-bond acceptors (Lipinski definition) is 4. The maximum atomic E-state index is 12.0. The van der Waals surface area contributed by atoms with Gasteiger partial charge in [0.25, 0.3) is 0 Å². The number of benzene rings is 2. The van der Waals surface area contributed by atoms with Crippen LogP contribution in [0, 0.1) is 0 Å². The second kappa shape index (κ2) is 10.6. The minimum absolute atomic E-state index is 0.0862. The Labute approximate surface area is 226 Å². The van der Waals surface area contributed by atoms with Crippen LogP contribution < -0.4 is 20.3 Å². The fourth-order valence-corrected chi connectivity index (χ4v) is 5.13. The van der Waals surface area contributed by atoms with E-state index in [0.717, 1.165) is 22.8 Å². The molecule has 1 fully saturated rings. The molecule has 2 N–H and O–H groups in total. The van der Waals surface area contributed by atoms with Gasteiger partial charge in [0.15, 0.2) is 5.11 Å². The van der Waals surface area contributed by atoms with Crippen LogP contribution in [0.2, 0.25) is 5.02 Å². The summed E-state index contributed by atoms with van der Waals surface area (Å²) in [5.74, 6) is 0.462. The summed E-state index contributed by atoms with van der Waals surface area (Å²) < 4.78 is 7.75. The minimum Gasteiger partial charge on any atom is -0.494 e. The minimum atomic E-state index is -0.239. The predicted octanol–water partition coefficient (Wildman–Crippen LogP) is 6.06. The van der Waals surface area contributed by atoms with Crippen LogP contribution >= 0.6 is 23.8 Å². The molecule has 0 radical (unpaired) electrons. The lowest BCUT2D eigenvalue weighted by molar-refractivity contribution is -0.115. The summed E-state index contributed by atoms with van der Waals surface area (Å²) in [5.41, 5.74) is 4.25. The van der Waals surface area contributed by atoms with Crippen molar-refractivity contribution in [2.24, 2.45) is 0 Å². The van der Waals surface area contributed by atoms with E-state index in [1.807, 2.05) is 79.9 Å². The molecular weight excluding hydrogens is 506 g/mol. The highest BCUT2D eigenvalue weighted by Crippen LogP contribution is 2.44. The molecule has 7 nitrogen and oxygen atoms in total. The van der Waals surface area contributed by atoms with Gasteiger partial charge >= 0.3 is 0 Å². The van der Waals surface area contributed by atoms with Crippen molar-refractivity contribution in [3.63, 3.8) is 0 Å². The Balaban J connectivity index is 1.63. The average Bonchev–Trinajstić information content (AvgIpc) is 3.53. The van der Waals surface area contributed by atoms with Crippen molar-refractivity contribution in [3.8, 4) is 11.4 Å². The SMILES string of the molecule is CCC(=O)Nc1ccc(N2C(=S)N[C@@H](c3ccccn3)[C@@H]2c2cccn2-c2cccc(Cl)c2)cc1OC. The molecule has 0 aliphatic carbocycles. The second-order valence-corrected chi connectivity index (χ2v) is 9.39. The van der Waals surface area contributed by atoms with E-state index in [-0.39, 0.29) is 18.0 Å². The summed E-state index contributed by atoms with van der Waals surface area (Å²) >= 11 is 12.2. The number of anilines is 2. The average molecular weight is 532 g/mol. The molecule has 1 amide bonds. The first-order chi connectivity index (χ1) is 18.0. The molecule has 0 spiro atoms. The highest BCUT2D eigenvalue weighted by molar-refractivity contribution is 7.80. The largest absolute Gasteiger partial charge is 0.494 e. The van der Waals surface area contributed by atoms with Crippen LogP contribution in [0.1, 0.15) is 36.8 Å². The van der Waals surface area contributed by atoms with Gasteiger partial charge in [-0.3, -0.25) is 9.78 Å². The van der Waals surface area contributed by atoms with Gasteiger partial charge < -0.3 is 24.8 Å². The first-order valence-electron chi connectivity index (χ1n) is 11.9. The first kappa shape index (κ1) is 24.8. The molecule has 4 aromatic rings. The van der Waals surface area contributed by atoms with Crippen molar-refractivity contribution < 1.29 is 9.53 Å². The van der Waals surface area contributed by atoms with Crippen LogP contribution in [0.25, 0.3) is 5.69 Å². The van der Waals surface area contributed by atoms with Gasteiger partial charge in [-0.25, -0.2) is 0 Å². The third-order valence-electron chi connectivity index (χ3n) is 6.33. The van der Waals surface area contributed by atoms with Crippen molar-refractivity contribution in [2.75, 3.05) is 17.3 Å². The number of amides is 1. The number of halogens is 1. The van der Waals surface area contributed by atoms with Crippen LogP contribution in [-0.4, -0.2) is 27.7 Å². The van der Waals surface area contributed by atoms with Crippen LogP contribution in [0.3, 0.4) is 0 Å². The Morgan fingerprint density at radius 2 is 1.97 bits per heavy atom. The molecule has 1 aliphatic rings. The predicted molar refractivity (Wildman–Crippen MR) is 151 cm³/mol. The van der Waals surface area contributed by atoms with E-state index in [2.05, 4.69) is 31.2 Å². The number of nitrogens with zero attached hydrogens (tertiary/aromatic N) is 3. The van der Waals surface area contributed by atoms with E-state index in [0.29, 0.717) is 28.0 Å². The molecule has 3 heterocycles. The van der Waals surface area contributed by atoms with Gasteiger partial charge in [-0.1, -0.05) is 30.7 Å². The normalized spacial score (nSPS) is 16.9. The topological polar surface area (TPSA) is 71.4 Å². The zero-order valence-corrected chi connectivity index (χ0v) is 22.0. The molecular formula is C28H26ClN5O2S. The number of nitrogens with one attached hydrogen (secondary N) is 2. The van der Waals surface area contributed by atoms with Gasteiger partial charge in [-0.05, 0) is 66.8 Å². The second-order valence-electron chi connectivity index (χ2n) is 8.57. The zero-order chi connectivity index (χ0) is 25.9. The van der Waals surface area contributed by atoms with Crippen molar-refractivity contribution in [3.05, 3.63) is 102 Å². The van der Waals surface area contributed by atoms with Gasteiger partial charge in [0.1, 0.15) is 11.8 Å². The summed E-state index contributed by atoms with van der Waals surface area (Å²) in [5, 5.41) is 7.60. The standard InChI is InChI=1S/C28H26ClN5O2S/c1-3-25(35)31-21-13-12-20(17-24(21)36-2)34-27(26(32-28(34)37)22-10-4-5-14-30-22)23-11-7-15-33(23)19-9-6-8-18(29)16-19/h4-17,26-27H,3H2,1-2H3,(H,31,35)(H,32,37)/t26-,27-/m0/s1. The van der Waals surface area contributed by atoms with Gasteiger partial charge in [-0.15, -0.1) is 0 Å². The lowest BCUT2D eigenvalue weighted by Crippen LogP contribution is -2.30. The van der Waals surface area contributed by atoms with Gasteiger partial charge in [-0.2, -0.15) is 0 Å². The van der Waals surface area contributed by atoms with Crippen LogP contribution in [-0.2, 0) is 4.79 Å². The third-order valence-corrected chi connectivity index (χ3v) is 6.88. The fraction of sp³-hybridized carbons (Fsp3) is 0.179. The molecule has 2 aromatic carbocycles. The Morgan fingerprint density at radius 1 is 1.11 bits per heavy atom. The van der Waals surface area contributed by atoms with E-state index in [1.165, 1.54) is 0 Å². The molecule has 0 saturated carbocycles. The quantitative estimate of drug-likeness (QED) is 0.282. The molecule has 5 rings (SSSR count). The molecule has 1 aliphatic heterocycles. The molecule has 1 saturated heterocycles. The monoisotopic (exact) mass is 531 g/mol. The van der Waals surface area contributed by atoms with Crippen LogP contribution in [0.5, 0.6) is 5.75 Å². The lowest BCUT2D eigenvalue weighted by atomic mass is 10.0. The van der Waals surface area contributed by atoms with E-state index in [1.54, 1.807) is 13.3 Å². The number of carbonyl (C=O) groups is 1. The number of aromatic nitrogens is 2. The molecule has 9 heteroatoms. The highest BCUT2D eigenvalue weighted by Gasteiger charge is 2.42. The Morgan fingerprint density at radius 3 is 2.70 bits per heavy atom. The zero-order valence-electron chi connectivity index (χ0n) is 20.4.